The van der Waals surface area contributed by atoms with Gasteiger partial charge in [0.2, 0.25) is 5.91 Å². The monoisotopic (exact) mass is 684 g/mol. The molecule has 13 nitrogen and oxygen atoms in total. The van der Waals surface area contributed by atoms with E-state index in [0.717, 1.165) is 5.56 Å². The zero-order valence-corrected chi connectivity index (χ0v) is 27.5. The van der Waals surface area contributed by atoms with Gasteiger partial charge >= 0.3 is 17.9 Å². The molecule has 0 saturated carbocycles. The highest BCUT2D eigenvalue weighted by molar-refractivity contribution is 5.97. The molecule has 0 aliphatic carbocycles. The van der Waals surface area contributed by atoms with Crippen molar-refractivity contribution in [2.24, 2.45) is 0 Å². The average Bonchev–Trinajstić information content (AvgIpc) is 3.11. The average molecular weight is 685 g/mol. The van der Waals surface area contributed by atoms with E-state index in [1.54, 1.807) is 55.6 Å². The molecule has 4 aromatic carbocycles. The lowest BCUT2D eigenvalue weighted by atomic mass is 10.1. The van der Waals surface area contributed by atoms with E-state index in [2.05, 4.69) is 5.32 Å². The van der Waals surface area contributed by atoms with Crippen molar-refractivity contribution in [1.29, 1.82) is 0 Å². The van der Waals surface area contributed by atoms with E-state index in [4.69, 9.17) is 23.7 Å². The number of nitrogens with one attached hydrogen (secondary N) is 1. The Morgan fingerprint density at radius 3 is 1.88 bits per heavy atom. The van der Waals surface area contributed by atoms with Gasteiger partial charge in [0, 0.05) is 24.9 Å². The SMILES string of the molecule is COCCOCC(=O)Oc1ccc(C(=O)Oc2ccc(CN(CC(=O)O)C(=O)c3ccc(NC(=O)Cc4ccc(OC)cc4)cc3)cc2)cc1. The Morgan fingerprint density at radius 2 is 1.26 bits per heavy atom. The van der Waals surface area contributed by atoms with Crippen LogP contribution in [0.5, 0.6) is 17.2 Å². The van der Waals surface area contributed by atoms with Gasteiger partial charge in [0.1, 0.15) is 30.4 Å². The summed E-state index contributed by atoms with van der Waals surface area (Å²) in [5.41, 5.74) is 2.33. The highest BCUT2D eigenvalue weighted by Crippen LogP contribution is 2.20. The molecule has 2 N–H and O–H groups in total. The van der Waals surface area contributed by atoms with Crippen LogP contribution in [0.25, 0.3) is 0 Å². The molecule has 0 bridgehead atoms. The van der Waals surface area contributed by atoms with Gasteiger partial charge in [-0.1, -0.05) is 24.3 Å². The summed E-state index contributed by atoms with van der Waals surface area (Å²) in [6.07, 6.45) is 0.147. The highest BCUT2D eigenvalue weighted by atomic mass is 16.6. The fourth-order valence-corrected chi connectivity index (χ4v) is 4.54. The largest absolute Gasteiger partial charge is 0.497 e. The Labute approximate surface area is 288 Å². The van der Waals surface area contributed by atoms with Gasteiger partial charge in [0.25, 0.3) is 5.91 Å². The lowest BCUT2D eigenvalue weighted by Crippen LogP contribution is -2.35. The lowest BCUT2D eigenvalue weighted by molar-refractivity contribution is -0.140. The number of carbonyl (C=O) groups is 5. The molecule has 4 aromatic rings. The molecule has 0 atom stereocenters. The molecule has 0 spiro atoms. The van der Waals surface area contributed by atoms with Crippen molar-refractivity contribution in [3.8, 4) is 17.2 Å². The second-order valence-corrected chi connectivity index (χ2v) is 10.8. The number of benzene rings is 4. The van der Waals surface area contributed by atoms with Crippen LogP contribution in [0, 0.1) is 0 Å². The van der Waals surface area contributed by atoms with Gasteiger partial charge in [0.15, 0.2) is 0 Å². The summed E-state index contributed by atoms with van der Waals surface area (Å²) in [6.45, 7) is -0.226. The maximum absolute atomic E-state index is 13.3. The Kier molecular flexibility index (Phi) is 13.6. The quantitative estimate of drug-likeness (QED) is 0.0920. The van der Waals surface area contributed by atoms with Crippen molar-refractivity contribution in [2.75, 3.05) is 45.9 Å². The number of hydrogen-bond acceptors (Lipinski definition) is 10. The minimum Gasteiger partial charge on any atom is -0.497 e. The van der Waals surface area contributed by atoms with E-state index in [-0.39, 0.29) is 54.7 Å². The molecule has 0 fully saturated rings. The number of hydrogen-bond donors (Lipinski definition) is 2. The van der Waals surface area contributed by atoms with Crippen molar-refractivity contribution in [3.63, 3.8) is 0 Å². The second kappa shape index (κ2) is 18.5. The number of carboxylic acid groups (broad SMARTS) is 1. The van der Waals surface area contributed by atoms with Crippen molar-refractivity contribution < 1.29 is 52.8 Å². The number of ether oxygens (including phenoxy) is 5. The standard InChI is InChI=1S/C37H36N2O11/c1-46-19-20-48-24-35(43)49-31-17-9-28(10-18-31)37(45)50-32-15-5-26(6-16-32)22-39(23-34(41)42)36(44)27-7-11-29(12-8-27)38-33(40)21-25-3-13-30(47-2)14-4-25/h3-18H,19-24H2,1-2H3,(H,38,40)(H,41,42). The third-order valence-electron chi connectivity index (χ3n) is 7.03. The number of methoxy groups -OCH3 is 2. The fourth-order valence-electron chi connectivity index (χ4n) is 4.54. The van der Waals surface area contributed by atoms with Crippen LogP contribution >= 0.6 is 0 Å². The molecule has 0 aliphatic rings. The van der Waals surface area contributed by atoms with Crippen LogP contribution in [0.15, 0.2) is 97.1 Å². The minimum atomic E-state index is -1.19. The topological polar surface area (TPSA) is 167 Å². The molecule has 4 rings (SSSR count). The van der Waals surface area contributed by atoms with Crippen LogP contribution in [-0.4, -0.2) is 80.3 Å². The number of aliphatic carboxylic acids is 1. The first kappa shape index (κ1) is 36.8. The predicted molar refractivity (Wildman–Crippen MR) is 180 cm³/mol. The molecule has 2 amide bonds. The van der Waals surface area contributed by atoms with Crippen LogP contribution in [0.1, 0.15) is 31.8 Å². The first-order chi connectivity index (χ1) is 24.1. The van der Waals surface area contributed by atoms with Crippen LogP contribution < -0.4 is 19.5 Å². The van der Waals surface area contributed by atoms with Gasteiger partial charge in [0.05, 0.1) is 32.3 Å². The highest BCUT2D eigenvalue weighted by Gasteiger charge is 2.20. The van der Waals surface area contributed by atoms with E-state index in [1.807, 2.05) is 0 Å². The van der Waals surface area contributed by atoms with Crippen molar-refractivity contribution in [2.45, 2.75) is 13.0 Å². The van der Waals surface area contributed by atoms with Gasteiger partial charge in [-0.2, -0.15) is 0 Å². The zero-order chi connectivity index (χ0) is 35.9. The van der Waals surface area contributed by atoms with Crippen LogP contribution in [0.4, 0.5) is 5.69 Å². The second-order valence-electron chi connectivity index (χ2n) is 10.8. The lowest BCUT2D eigenvalue weighted by Gasteiger charge is -2.21. The molecule has 0 radical (unpaired) electrons. The molecule has 50 heavy (non-hydrogen) atoms. The van der Waals surface area contributed by atoms with Crippen LogP contribution in [0.3, 0.4) is 0 Å². The molecule has 0 saturated heterocycles. The Morgan fingerprint density at radius 1 is 0.680 bits per heavy atom. The van der Waals surface area contributed by atoms with Crippen molar-refractivity contribution in [3.05, 3.63) is 119 Å². The number of rotatable bonds is 17. The third kappa shape index (κ3) is 11.6. The van der Waals surface area contributed by atoms with E-state index in [9.17, 15) is 29.1 Å². The van der Waals surface area contributed by atoms with Crippen molar-refractivity contribution >= 4 is 35.4 Å². The molecule has 0 aromatic heterocycles. The maximum Gasteiger partial charge on any atom is 0.343 e. The van der Waals surface area contributed by atoms with Crippen LogP contribution in [0.2, 0.25) is 0 Å². The molecular weight excluding hydrogens is 648 g/mol. The maximum atomic E-state index is 13.3. The Hall–Kier alpha value is -6.05. The summed E-state index contributed by atoms with van der Waals surface area (Å²) >= 11 is 0. The number of anilines is 1. The molecule has 13 heteroatoms. The molecular formula is C37H36N2O11. The van der Waals surface area contributed by atoms with Crippen molar-refractivity contribution in [1.82, 2.24) is 4.90 Å². The minimum absolute atomic E-state index is 0.0304. The smallest absolute Gasteiger partial charge is 0.343 e. The number of carboxylic acids is 1. The predicted octanol–water partition coefficient (Wildman–Crippen LogP) is 4.39. The summed E-state index contributed by atoms with van der Waals surface area (Å²) in [7, 11) is 3.08. The fraction of sp³-hybridized carbons (Fsp3) is 0.216. The summed E-state index contributed by atoms with van der Waals surface area (Å²) in [5, 5.41) is 12.3. The van der Waals surface area contributed by atoms with E-state index in [1.165, 1.54) is 60.5 Å². The van der Waals surface area contributed by atoms with E-state index in [0.29, 0.717) is 23.6 Å². The number of carbonyl (C=O) groups excluding carboxylic acids is 4. The van der Waals surface area contributed by atoms with Gasteiger partial charge < -0.3 is 39.0 Å². The molecule has 0 aliphatic heterocycles. The summed E-state index contributed by atoms with van der Waals surface area (Å²) < 4.78 is 25.7. The number of esters is 2. The molecule has 0 heterocycles. The first-order valence-electron chi connectivity index (χ1n) is 15.4. The van der Waals surface area contributed by atoms with Crippen LogP contribution in [-0.2, 0) is 36.8 Å². The van der Waals surface area contributed by atoms with Gasteiger partial charge in [-0.05, 0) is 83.9 Å². The van der Waals surface area contributed by atoms with E-state index >= 15 is 0 Å². The first-order valence-corrected chi connectivity index (χ1v) is 15.4. The number of nitrogens with zero attached hydrogens (tertiary/aromatic N) is 1. The van der Waals surface area contributed by atoms with Gasteiger partial charge in [-0.3, -0.25) is 14.4 Å². The summed E-state index contributed by atoms with van der Waals surface area (Å²) in [4.78, 5) is 63.1. The summed E-state index contributed by atoms with van der Waals surface area (Å²) in [5.74, 6) is -2.06. The molecule has 0 unspecified atom stereocenters. The Balaban J connectivity index is 1.30. The summed E-state index contributed by atoms with van der Waals surface area (Å²) in [6, 6.07) is 25.4. The zero-order valence-electron chi connectivity index (χ0n) is 27.5. The van der Waals surface area contributed by atoms with E-state index < -0.39 is 30.4 Å². The van der Waals surface area contributed by atoms with Gasteiger partial charge in [-0.15, -0.1) is 0 Å². The molecule has 260 valence electrons. The normalized spacial score (nSPS) is 10.5. The van der Waals surface area contributed by atoms with Gasteiger partial charge in [-0.25, -0.2) is 9.59 Å². The number of amides is 2. The third-order valence-corrected chi connectivity index (χ3v) is 7.03. The Bertz CT molecular complexity index is 1760.